The SMILES string of the molecule is O=C(CN1CCC(C(=O)O)C1)NCC1(N2CCOCC2)CCCCC1. The normalized spacial score (nSPS) is 27.9. The fraction of sp³-hybridized carbons (Fsp3) is 0.889. The van der Waals surface area contributed by atoms with Crippen LogP contribution in [0.3, 0.4) is 0 Å². The molecule has 1 saturated carbocycles. The number of amides is 1. The number of aliphatic carboxylic acids is 1. The van der Waals surface area contributed by atoms with Crippen LogP contribution >= 0.6 is 0 Å². The van der Waals surface area contributed by atoms with E-state index in [1.807, 2.05) is 4.90 Å². The van der Waals surface area contributed by atoms with Crippen molar-refractivity contribution in [2.24, 2.45) is 5.92 Å². The van der Waals surface area contributed by atoms with Gasteiger partial charge in [0.25, 0.3) is 0 Å². The van der Waals surface area contributed by atoms with Crippen LogP contribution < -0.4 is 5.32 Å². The number of carbonyl (C=O) groups is 2. The first-order valence-corrected chi connectivity index (χ1v) is 9.64. The van der Waals surface area contributed by atoms with E-state index in [1.54, 1.807) is 0 Å². The molecular weight excluding hydrogens is 322 g/mol. The number of ether oxygens (including phenoxy) is 1. The molecule has 0 aromatic rings. The Morgan fingerprint density at radius 2 is 1.84 bits per heavy atom. The standard InChI is InChI=1S/C18H31N3O4/c22-16(13-20-7-4-15(12-20)17(23)24)19-14-18(5-2-1-3-6-18)21-8-10-25-11-9-21/h15H,1-14H2,(H,19,22)(H,23,24). The highest BCUT2D eigenvalue weighted by Gasteiger charge is 2.39. The van der Waals surface area contributed by atoms with Gasteiger partial charge in [-0.2, -0.15) is 0 Å². The number of morpholine rings is 1. The average molecular weight is 353 g/mol. The van der Waals surface area contributed by atoms with E-state index in [0.29, 0.717) is 32.6 Å². The van der Waals surface area contributed by atoms with Gasteiger partial charge in [0.15, 0.2) is 0 Å². The van der Waals surface area contributed by atoms with Gasteiger partial charge in [0.05, 0.1) is 25.7 Å². The lowest BCUT2D eigenvalue weighted by Crippen LogP contribution is -2.60. The molecule has 0 radical (unpaired) electrons. The first kappa shape index (κ1) is 18.6. The average Bonchev–Trinajstić information content (AvgIpc) is 3.10. The van der Waals surface area contributed by atoms with Crippen LogP contribution in [0, 0.1) is 5.92 Å². The summed E-state index contributed by atoms with van der Waals surface area (Å²) in [5, 5.41) is 12.2. The van der Waals surface area contributed by atoms with Crippen molar-refractivity contribution in [2.45, 2.75) is 44.1 Å². The van der Waals surface area contributed by atoms with Crippen molar-refractivity contribution in [1.82, 2.24) is 15.1 Å². The maximum atomic E-state index is 12.4. The molecule has 3 rings (SSSR count). The second kappa shape index (κ2) is 8.47. The molecule has 2 saturated heterocycles. The zero-order valence-corrected chi connectivity index (χ0v) is 15.0. The zero-order valence-electron chi connectivity index (χ0n) is 15.0. The second-order valence-corrected chi connectivity index (χ2v) is 7.72. The van der Waals surface area contributed by atoms with Gasteiger partial charge in [-0.3, -0.25) is 19.4 Å². The maximum absolute atomic E-state index is 12.4. The molecule has 1 atom stereocenters. The second-order valence-electron chi connectivity index (χ2n) is 7.72. The lowest BCUT2D eigenvalue weighted by atomic mass is 9.79. The van der Waals surface area contributed by atoms with Crippen LogP contribution in [-0.4, -0.2) is 84.8 Å². The number of hydrogen-bond donors (Lipinski definition) is 2. The monoisotopic (exact) mass is 353 g/mol. The molecule has 1 unspecified atom stereocenters. The number of carboxylic acids is 1. The molecule has 2 aliphatic heterocycles. The molecule has 3 fully saturated rings. The van der Waals surface area contributed by atoms with Crippen LogP contribution in [0.5, 0.6) is 0 Å². The molecule has 3 aliphatic rings. The van der Waals surface area contributed by atoms with Gasteiger partial charge in [-0.05, 0) is 25.8 Å². The molecular formula is C18H31N3O4. The largest absolute Gasteiger partial charge is 0.481 e. The predicted octanol–water partition coefficient (Wildman–Crippen LogP) is 0.544. The van der Waals surface area contributed by atoms with Crippen molar-refractivity contribution >= 4 is 11.9 Å². The third-order valence-corrected chi connectivity index (χ3v) is 6.07. The molecule has 0 spiro atoms. The third-order valence-electron chi connectivity index (χ3n) is 6.07. The van der Waals surface area contributed by atoms with Crippen molar-refractivity contribution < 1.29 is 19.4 Å². The Hall–Kier alpha value is -1.18. The molecule has 1 aliphatic carbocycles. The predicted molar refractivity (Wildman–Crippen MR) is 93.4 cm³/mol. The lowest BCUT2D eigenvalue weighted by Gasteiger charge is -2.48. The number of likely N-dealkylation sites (tertiary alicyclic amines) is 1. The first-order chi connectivity index (χ1) is 12.1. The van der Waals surface area contributed by atoms with Crippen LogP contribution in [-0.2, 0) is 14.3 Å². The van der Waals surface area contributed by atoms with E-state index in [-0.39, 0.29) is 17.4 Å². The van der Waals surface area contributed by atoms with Gasteiger partial charge in [0.1, 0.15) is 0 Å². The van der Waals surface area contributed by atoms with Gasteiger partial charge >= 0.3 is 5.97 Å². The highest BCUT2D eigenvalue weighted by molar-refractivity contribution is 5.78. The molecule has 25 heavy (non-hydrogen) atoms. The summed E-state index contributed by atoms with van der Waals surface area (Å²) >= 11 is 0. The summed E-state index contributed by atoms with van der Waals surface area (Å²) in [6.45, 7) is 5.63. The van der Waals surface area contributed by atoms with E-state index in [9.17, 15) is 9.59 Å². The molecule has 7 nitrogen and oxygen atoms in total. The van der Waals surface area contributed by atoms with E-state index < -0.39 is 5.97 Å². The first-order valence-electron chi connectivity index (χ1n) is 9.64. The van der Waals surface area contributed by atoms with Crippen LogP contribution in [0.4, 0.5) is 0 Å². The molecule has 2 heterocycles. The minimum absolute atomic E-state index is 0.0178. The quantitative estimate of drug-likeness (QED) is 0.725. The Bertz CT molecular complexity index is 473. The Balaban J connectivity index is 1.50. The fourth-order valence-corrected chi connectivity index (χ4v) is 4.55. The van der Waals surface area contributed by atoms with Gasteiger partial charge < -0.3 is 15.2 Å². The van der Waals surface area contributed by atoms with Crippen LogP contribution in [0.1, 0.15) is 38.5 Å². The molecule has 7 heteroatoms. The summed E-state index contributed by atoms with van der Waals surface area (Å²) in [5.41, 5.74) is 0.0757. The minimum atomic E-state index is -0.753. The number of carbonyl (C=O) groups excluding carboxylic acids is 1. The molecule has 0 bridgehead atoms. The number of carboxylic acid groups (broad SMARTS) is 1. The number of rotatable bonds is 6. The molecule has 0 aromatic heterocycles. The van der Waals surface area contributed by atoms with Gasteiger partial charge in [-0.25, -0.2) is 0 Å². The van der Waals surface area contributed by atoms with Gasteiger partial charge in [-0.1, -0.05) is 19.3 Å². The Kier molecular flexibility index (Phi) is 6.30. The molecule has 2 N–H and O–H groups in total. The Labute approximate surface area is 149 Å². The van der Waals surface area contributed by atoms with Gasteiger partial charge in [0, 0.05) is 31.7 Å². The summed E-state index contributed by atoms with van der Waals surface area (Å²) in [5.74, 6) is -1.06. The van der Waals surface area contributed by atoms with Crippen molar-refractivity contribution in [2.75, 3.05) is 52.5 Å². The van der Waals surface area contributed by atoms with E-state index in [4.69, 9.17) is 9.84 Å². The summed E-state index contributed by atoms with van der Waals surface area (Å²) < 4.78 is 5.50. The summed E-state index contributed by atoms with van der Waals surface area (Å²) in [7, 11) is 0. The van der Waals surface area contributed by atoms with Crippen LogP contribution in [0.25, 0.3) is 0 Å². The Morgan fingerprint density at radius 1 is 1.12 bits per heavy atom. The molecule has 1 amide bonds. The van der Waals surface area contributed by atoms with Crippen LogP contribution in [0.2, 0.25) is 0 Å². The maximum Gasteiger partial charge on any atom is 0.307 e. The Morgan fingerprint density at radius 3 is 2.48 bits per heavy atom. The molecule has 142 valence electrons. The van der Waals surface area contributed by atoms with E-state index in [0.717, 1.165) is 39.1 Å². The van der Waals surface area contributed by atoms with Crippen LogP contribution in [0.15, 0.2) is 0 Å². The smallest absolute Gasteiger partial charge is 0.307 e. The van der Waals surface area contributed by atoms with Gasteiger partial charge in [0.2, 0.25) is 5.91 Å². The van der Waals surface area contributed by atoms with E-state index in [2.05, 4.69) is 10.2 Å². The number of hydrogen-bond acceptors (Lipinski definition) is 5. The van der Waals surface area contributed by atoms with Gasteiger partial charge in [-0.15, -0.1) is 0 Å². The lowest BCUT2D eigenvalue weighted by molar-refractivity contribution is -0.141. The fourth-order valence-electron chi connectivity index (χ4n) is 4.55. The minimum Gasteiger partial charge on any atom is -0.481 e. The highest BCUT2D eigenvalue weighted by atomic mass is 16.5. The van der Waals surface area contributed by atoms with E-state index >= 15 is 0 Å². The zero-order chi connectivity index (χ0) is 17.7. The van der Waals surface area contributed by atoms with Crippen molar-refractivity contribution in [3.05, 3.63) is 0 Å². The van der Waals surface area contributed by atoms with Crippen molar-refractivity contribution in [3.63, 3.8) is 0 Å². The number of nitrogens with zero attached hydrogens (tertiary/aromatic N) is 2. The highest BCUT2D eigenvalue weighted by Crippen LogP contribution is 2.33. The van der Waals surface area contributed by atoms with E-state index in [1.165, 1.54) is 19.3 Å². The third kappa shape index (κ3) is 4.71. The topological polar surface area (TPSA) is 82.1 Å². The number of nitrogens with one attached hydrogen (secondary N) is 1. The van der Waals surface area contributed by atoms with Crippen molar-refractivity contribution in [1.29, 1.82) is 0 Å². The summed E-state index contributed by atoms with van der Waals surface area (Å²) in [4.78, 5) is 27.9. The summed E-state index contributed by atoms with van der Waals surface area (Å²) in [6, 6.07) is 0. The summed E-state index contributed by atoms with van der Waals surface area (Å²) in [6.07, 6.45) is 6.64. The van der Waals surface area contributed by atoms with Crippen molar-refractivity contribution in [3.8, 4) is 0 Å². The molecule has 0 aromatic carbocycles.